The van der Waals surface area contributed by atoms with E-state index in [2.05, 4.69) is 40.4 Å². The van der Waals surface area contributed by atoms with Gasteiger partial charge in [0.25, 0.3) is 0 Å². The topological polar surface area (TPSA) is 35.6 Å². The molecule has 1 heterocycles. The highest BCUT2D eigenvalue weighted by Crippen LogP contribution is 2.22. The lowest BCUT2D eigenvalue weighted by atomic mass is 10.1. The monoisotopic (exact) mass is 403 g/mol. The van der Waals surface area contributed by atoms with E-state index in [1.807, 2.05) is 30.3 Å². The third-order valence-corrected chi connectivity index (χ3v) is 5.94. The van der Waals surface area contributed by atoms with Gasteiger partial charge in [-0.3, -0.25) is 4.79 Å². The Kier molecular flexibility index (Phi) is 7.44. The summed E-state index contributed by atoms with van der Waals surface area (Å²) in [6.07, 6.45) is 0. The van der Waals surface area contributed by atoms with Gasteiger partial charge in [0.05, 0.1) is 5.75 Å². The molecule has 144 valence electrons. The molecule has 0 aromatic heterocycles. The van der Waals surface area contributed by atoms with E-state index in [0.717, 1.165) is 42.5 Å². The average Bonchev–Trinajstić information content (AvgIpc) is 2.67. The maximum absolute atomic E-state index is 12.2. The van der Waals surface area contributed by atoms with Crippen LogP contribution in [0.5, 0.6) is 0 Å². The van der Waals surface area contributed by atoms with Gasteiger partial charge in [-0.05, 0) is 36.4 Å². The molecule has 1 aliphatic heterocycles. The molecule has 1 amide bonds. The van der Waals surface area contributed by atoms with Crippen molar-refractivity contribution in [1.82, 2.24) is 10.2 Å². The zero-order chi connectivity index (χ0) is 19.1. The predicted molar refractivity (Wildman–Crippen MR) is 116 cm³/mol. The van der Waals surface area contributed by atoms with Gasteiger partial charge in [0.2, 0.25) is 5.91 Å². The number of halogens is 1. The Labute approximate surface area is 170 Å². The van der Waals surface area contributed by atoms with Gasteiger partial charge in [0.1, 0.15) is 0 Å². The lowest BCUT2D eigenvalue weighted by molar-refractivity contribution is -0.118. The fourth-order valence-corrected chi connectivity index (χ4v) is 4.17. The molecule has 0 spiro atoms. The minimum atomic E-state index is 0.0650. The van der Waals surface area contributed by atoms with Crippen molar-refractivity contribution in [2.75, 3.05) is 43.9 Å². The molecule has 0 bridgehead atoms. The van der Waals surface area contributed by atoms with Gasteiger partial charge in [-0.25, -0.2) is 0 Å². The quantitative estimate of drug-likeness (QED) is 0.765. The Morgan fingerprint density at radius 2 is 1.89 bits per heavy atom. The molecule has 0 aliphatic carbocycles. The molecule has 1 N–H and O–H groups in total. The average molecular weight is 404 g/mol. The fourth-order valence-electron chi connectivity index (χ4n) is 3.15. The Bertz CT molecular complexity index is 763. The van der Waals surface area contributed by atoms with Crippen LogP contribution in [-0.4, -0.2) is 49.8 Å². The van der Waals surface area contributed by atoms with Crippen molar-refractivity contribution >= 4 is 35.0 Å². The molecule has 1 fully saturated rings. The van der Waals surface area contributed by atoms with Gasteiger partial charge in [-0.1, -0.05) is 41.9 Å². The molecule has 0 unspecified atom stereocenters. The number of benzene rings is 2. The third kappa shape index (κ3) is 6.16. The zero-order valence-electron chi connectivity index (χ0n) is 15.7. The highest BCUT2D eigenvalue weighted by Gasteiger charge is 2.16. The van der Waals surface area contributed by atoms with Crippen molar-refractivity contribution in [2.24, 2.45) is 0 Å². The standard InChI is InChI=1S/C21H26ClN3OS/c1-24-9-11-25(12-10-24)20-8-3-2-6-18(20)14-23-21(26)16-27-15-17-5-4-7-19(22)13-17/h2-8,13H,9-12,14-16H2,1H3,(H,23,26). The number of carbonyl (C=O) groups excluding carboxylic acids is 1. The SMILES string of the molecule is CN1CCN(c2ccccc2CNC(=O)CSCc2cccc(Cl)c2)CC1. The Hall–Kier alpha value is -1.69. The highest BCUT2D eigenvalue weighted by atomic mass is 35.5. The first-order chi connectivity index (χ1) is 13.1. The van der Waals surface area contributed by atoms with Crippen molar-refractivity contribution in [3.8, 4) is 0 Å². The van der Waals surface area contributed by atoms with E-state index in [9.17, 15) is 4.79 Å². The number of nitrogens with zero attached hydrogens (tertiary/aromatic N) is 2. The molecule has 0 radical (unpaired) electrons. The van der Waals surface area contributed by atoms with Crippen LogP contribution in [0.1, 0.15) is 11.1 Å². The molecule has 6 heteroatoms. The van der Waals surface area contributed by atoms with E-state index in [1.165, 1.54) is 11.3 Å². The first-order valence-corrected chi connectivity index (χ1v) is 10.8. The van der Waals surface area contributed by atoms with Crippen molar-refractivity contribution in [3.05, 3.63) is 64.7 Å². The summed E-state index contributed by atoms with van der Waals surface area (Å²) in [4.78, 5) is 17.0. The van der Waals surface area contributed by atoms with E-state index in [1.54, 1.807) is 11.8 Å². The van der Waals surface area contributed by atoms with E-state index >= 15 is 0 Å². The van der Waals surface area contributed by atoms with Crippen LogP contribution < -0.4 is 10.2 Å². The van der Waals surface area contributed by atoms with Crippen LogP contribution in [0.2, 0.25) is 5.02 Å². The van der Waals surface area contributed by atoms with Crippen molar-refractivity contribution in [3.63, 3.8) is 0 Å². The predicted octanol–water partition coefficient (Wildman–Crippen LogP) is 3.64. The molecule has 1 aliphatic rings. The van der Waals surface area contributed by atoms with Crippen LogP contribution in [0.3, 0.4) is 0 Å². The van der Waals surface area contributed by atoms with E-state index in [0.29, 0.717) is 12.3 Å². The molecule has 1 saturated heterocycles. The molecule has 2 aromatic carbocycles. The van der Waals surface area contributed by atoms with Gasteiger partial charge in [0, 0.05) is 49.2 Å². The summed E-state index contributed by atoms with van der Waals surface area (Å²) < 4.78 is 0. The minimum Gasteiger partial charge on any atom is -0.369 e. The zero-order valence-corrected chi connectivity index (χ0v) is 17.2. The number of para-hydroxylation sites is 1. The van der Waals surface area contributed by atoms with Crippen molar-refractivity contribution in [1.29, 1.82) is 0 Å². The number of hydrogen-bond acceptors (Lipinski definition) is 4. The van der Waals surface area contributed by atoms with Crippen molar-refractivity contribution < 1.29 is 4.79 Å². The summed E-state index contributed by atoms with van der Waals surface area (Å²) in [5, 5.41) is 3.80. The maximum Gasteiger partial charge on any atom is 0.230 e. The maximum atomic E-state index is 12.2. The Morgan fingerprint density at radius 3 is 2.67 bits per heavy atom. The highest BCUT2D eigenvalue weighted by molar-refractivity contribution is 7.99. The first kappa shape index (κ1) is 20.1. The van der Waals surface area contributed by atoms with Gasteiger partial charge in [0.15, 0.2) is 0 Å². The number of nitrogens with one attached hydrogen (secondary N) is 1. The number of piperazine rings is 1. The van der Waals surface area contributed by atoms with Crippen LogP contribution in [-0.2, 0) is 17.1 Å². The lowest BCUT2D eigenvalue weighted by Crippen LogP contribution is -2.45. The molecular formula is C21H26ClN3OS. The van der Waals surface area contributed by atoms with Gasteiger partial charge >= 0.3 is 0 Å². The molecular weight excluding hydrogens is 378 g/mol. The molecule has 27 heavy (non-hydrogen) atoms. The number of rotatable bonds is 7. The van der Waals surface area contributed by atoms with Crippen LogP contribution in [0.25, 0.3) is 0 Å². The largest absolute Gasteiger partial charge is 0.369 e. The number of likely N-dealkylation sites (N-methyl/N-ethyl adjacent to an activating group) is 1. The summed E-state index contributed by atoms with van der Waals surface area (Å²) in [5.74, 6) is 1.30. The summed E-state index contributed by atoms with van der Waals surface area (Å²) in [6, 6.07) is 16.1. The Morgan fingerprint density at radius 1 is 1.11 bits per heavy atom. The number of hydrogen-bond donors (Lipinski definition) is 1. The van der Waals surface area contributed by atoms with Gasteiger partial charge in [-0.2, -0.15) is 0 Å². The van der Waals surface area contributed by atoms with Gasteiger partial charge in [-0.15, -0.1) is 11.8 Å². The minimum absolute atomic E-state index is 0.0650. The summed E-state index contributed by atoms with van der Waals surface area (Å²) >= 11 is 7.60. The van der Waals surface area contributed by atoms with Crippen LogP contribution >= 0.6 is 23.4 Å². The molecule has 0 atom stereocenters. The fraction of sp³-hybridized carbons (Fsp3) is 0.381. The molecule has 4 nitrogen and oxygen atoms in total. The molecule has 2 aromatic rings. The molecule has 0 saturated carbocycles. The Balaban J connectivity index is 1.47. The number of amides is 1. The number of thioether (sulfide) groups is 1. The third-order valence-electron chi connectivity index (χ3n) is 4.70. The first-order valence-electron chi connectivity index (χ1n) is 9.22. The smallest absolute Gasteiger partial charge is 0.230 e. The second-order valence-electron chi connectivity index (χ2n) is 6.82. The summed E-state index contributed by atoms with van der Waals surface area (Å²) in [5.41, 5.74) is 3.55. The van der Waals surface area contributed by atoms with Gasteiger partial charge < -0.3 is 15.1 Å². The normalized spacial score (nSPS) is 15.0. The summed E-state index contributed by atoms with van der Waals surface area (Å²) in [6.45, 7) is 4.76. The second-order valence-corrected chi connectivity index (χ2v) is 8.24. The van der Waals surface area contributed by atoms with Crippen LogP contribution in [0.4, 0.5) is 5.69 Å². The lowest BCUT2D eigenvalue weighted by Gasteiger charge is -2.35. The second kappa shape index (κ2) is 10.0. The van der Waals surface area contributed by atoms with Crippen LogP contribution in [0.15, 0.2) is 48.5 Å². The number of carbonyl (C=O) groups is 1. The van der Waals surface area contributed by atoms with E-state index in [-0.39, 0.29) is 5.91 Å². The van der Waals surface area contributed by atoms with Crippen LogP contribution in [0, 0.1) is 0 Å². The van der Waals surface area contributed by atoms with E-state index in [4.69, 9.17) is 11.6 Å². The van der Waals surface area contributed by atoms with Crippen molar-refractivity contribution in [2.45, 2.75) is 12.3 Å². The number of anilines is 1. The summed E-state index contributed by atoms with van der Waals surface area (Å²) in [7, 11) is 2.16. The molecule has 3 rings (SSSR count). The van der Waals surface area contributed by atoms with E-state index < -0.39 is 0 Å².